The van der Waals surface area contributed by atoms with E-state index in [1.165, 1.54) is 0 Å². The SMILES string of the molecule is FC(F)Oc1cncnc1Cl. The highest BCUT2D eigenvalue weighted by Gasteiger charge is 2.08. The second kappa shape index (κ2) is 3.43. The number of hydrogen-bond acceptors (Lipinski definition) is 3. The average Bonchev–Trinajstić information content (AvgIpc) is 1.93. The summed E-state index contributed by atoms with van der Waals surface area (Å²) in [4.78, 5) is 6.87. The third-order valence-corrected chi connectivity index (χ3v) is 1.13. The molecule has 0 radical (unpaired) electrons. The van der Waals surface area contributed by atoms with Gasteiger partial charge >= 0.3 is 6.61 Å². The van der Waals surface area contributed by atoms with Gasteiger partial charge in [-0.05, 0) is 0 Å². The normalized spacial score (nSPS) is 10.2. The van der Waals surface area contributed by atoms with E-state index in [0.29, 0.717) is 0 Å². The van der Waals surface area contributed by atoms with E-state index in [2.05, 4.69) is 14.7 Å². The summed E-state index contributed by atoms with van der Waals surface area (Å²) < 4.78 is 27.1. The van der Waals surface area contributed by atoms with E-state index in [9.17, 15) is 8.78 Å². The van der Waals surface area contributed by atoms with Crippen LogP contribution in [0.5, 0.6) is 5.75 Å². The summed E-state index contributed by atoms with van der Waals surface area (Å²) in [6.07, 6.45) is 2.21. The molecule has 0 bridgehead atoms. The Hall–Kier alpha value is -0.970. The molecule has 1 rings (SSSR count). The average molecular weight is 181 g/mol. The molecule has 0 unspecified atom stereocenters. The second-order valence-electron chi connectivity index (χ2n) is 1.56. The predicted molar refractivity (Wildman–Crippen MR) is 33.7 cm³/mol. The van der Waals surface area contributed by atoms with Gasteiger partial charge in [0.05, 0.1) is 6.20 Å². The van der Waals surface area contributed by atoms with E-state index >= 15 is 0 Å². The van der Waals surface area contributed by atoms with E-state index in [0.717, 1.165) is 12.5 Å². The lowest BCUT2D eigenvalue weighted by atomic mass is 10.6. The van der Waals surface area contributed by atoms with Crippen LogP contribution in [0.2, 0.25) is 5.15 Å². The van der Waals surface area contributed by atoms with Gasteiger partial charge in [0.25, 0.3) is 0 Å². The van der Waals surface area contributed by atoms with Gasteiger partial charge in [-0.1, -0.05) is 11.6 Å². The van der Waals surface area contributed by atoms with Crippen molar-refractivity contribution in [1.82, 2.24) is 9.97 Å². The minimum absolute atomic E-state index is 0.125. The molecule has 0 aliphatic rings. The summed E-state index contributed by atoms with van der Waals surface area (Å²) in [7, 11) is 0. The minimum atomic E-state index is -2.90. The fourth-order valence-corrected chi connectivity index (χ4v) is 0.614. The van der Waals surface area contributed by atoms with Crippen LogP contribution in [0.3, 0.4) is 0 Å². The Kier molecular flexibility index (Phi) is 2.53. The summed E-state index contributed by atoms with van der Waals surface area (Å²) in [5.74, 6) is -0.218. The number of ether oxygens (including phenoxy) is 1. The lowest BCUT2D eigenvalue weighted by Gasteiger charge is -2.02. The molecule has 6 heteroatoms. The first-order chi connectivity index (χ1) is 5.20. The van der Waals surface area contributed by atoms with E-state index in [4.69, 9.17) is 11.6 Å². The van der Waals surface area contributed by atoms with Crippen LogP contribution in [0.4, 0.5) is 8.78 Å². The van der Waals surface area contributed by atoms with Crippen LogP contribution in [-0.2, 0) is 0 Å². The summed E-state index contributed by atoms with van der Waals surface area (Å²) >= 11 is 5.36. The number of rotatable bonds is 2. The molecule has 0 aliphatic heterocycles. The van der Waals surface area contributed by atoms with Gasteiger partial charge in [0, 0.05) is 0 Å². The standard InChI is InChI=1S/C5H3ClF2N2O/c6-4-3(11-5(7)8)1-9-2-10-4/h1-2,5H. The molecule has 0 fully saturated rings. The van der Waals surface area contributed by atoms with Crippen molar-refractivity contribution in [1.29, 1.82) is 0 Å². The van der Waals surface area contributed by atoms with Crippen LogP contribution < -0.4 is 4.74 Å². The van der Waals surface area contributed by atoms with Crippen LogP contribution in [-0.4, -0.2) is 16.6 Å². The molecule has 3 nitrogen and oxygen atoms in total. The van der Waals surface area contributed by atoms with Gasteiger partial charge < -0.3 is 4.74 Å². The van der Waals surface area contributed by atoms with Gasteiger partial charge in [-0.3, -0.25) is 0 Å². The Bertz CT molecular complexity index is 246. The monoisotopic (exact) mass is 180 g/mol. The number of halogens is 3. The topological polar surface area (TPSA) is 35.0 Å². The number of nitrogens with zero attached hydrogens (tertiary/aromatic N) is 2. The Morgan fingerprint density at radius 2 is 2.27 bits per heavy atom. The number of hydrogen-bond donors (Lipinski definition) is 0. The molecular weight excluding hydrogens is 178 g/mol. The second-order valence-corrected chi connectivity index (χ2v) is 1.91. The van der Waals surface area contributed by atoms with Crippen molar-refractivity contribution < 1.29 is 13.5 Å². The maximum Gasteiger partial charge on any atom is 0.387 e. The van der Waals surface area contributed by atoms with Crippen molar-refractivity contribution in [3.63, 3.8) is 0 Å². The molecule has 0 spiro atoms. The maximum absolute atomic E-state index is 11.6. The first-order valence-electron chi connectivity index (χ1n) is 2.60. The largest absolute Gasteiger partial charge is 0.430 e. The lowest BCUT2D eigenvalue weighted by Crippen LogP contribution is -2.03. The van der Waals surface area contributed by atoms with Crippen molar-refractivity contribution in [3.05, 3.63) is 17.7 Å². The van der Waals surface area contributed by atoms with E-state index in [1.807, 2.05) is 0 Å². The van der Waals surface area contributed by atoms with Gasteiger partial charge in [0.1, 0.15) is 6.33 Å². The summed E-state index contributed by atoms with van der Waals surface area (Å²) in [6, 6.07) is 0. The maximum atomic E-state index is 11.6. The van der Waals surface area contributed by atoms with Crippen molar-refractivity contribution >= 4 is 11.6 Å². The molecule has 0 aliphatic carbocycles. The zero-order valence-electron chi connectivity index (χ0n) is 5.17. The molecule has 0 N–H and O–H groups in total. The number of aromatic nitrogens is 2. The first kappa shape index (κ1) is 8.13. The van der Waals surface area contributed by atoms with Crippen LogP contribution in [0.1, 0.15) is 0 Å². The fourth-order valence-electron chi connectivity index (χ4n) is 0.477. The quantitative estimate of drug-likeness (QED) is 0.651. The van der Waals surface area contributed by atoms with Gasteiger partial charge in [-0.2, -0.15) is 8.78 Å². The lowest BCUT2D eigenvalue weighted by molar-refractivity contribution is -0.0502. The van der Waals surface area contributed by atoms with Crippen LogP contribution in [0.15, 0.2) is 12.5 Å². The molecule has 0 aromatic carbocycles. The van der Waals surface area contributed by atoms with Crippen molar-refractivity contribution in [2.75, 3.05) is 0 Å². The van der Waals surface area contributed by atoms with Crippen molar-refractivity contribution in [2.45, 2.75) is 6.61 Å². The molecule has 1 aromatic rings. The molecule has 0 saturated carbocycles. The Labute approximate surface area is 66.0 Å². The molecule has 1 heterocycles. The van der Waals surface area contributed by atoms with E-state index in [-0.39, 0.29) is 10.9 Å². The van der Waals surface area contributed by atoms with Gasteiger partial charge in [0.15, 0.2) is 10.9 Å². The highest BCUT2D eigenvalue weighted by Crippen LogP contribution is 2.20. The van der Waals surface area contributed by atoms with E-state index in [1.54, 1.807) is 0 Å². The molecule has 60 valence electrons. The molecular formula is C5H3ClF2N2O. The molecule has 0 amide bonds. The molecule has 11 heavy (non-hydrogen) atoms. The summed E-state index contributed by atoms with van der Waals surface area (Å²) in [5.41, 5.74) is 0. The van der Waals surface area contributed by atoms with Crippen molar-refractivity contribution in [3.8, 4) is 5.75 Å². The first-order valence-corrected chi connectivity index (χ1v) is 2.98. The van der Waals surface area contributed by atoms with Crippen LogP contribution >= 0.6 is 11.6 Å². The van der Waals surface area contributed by atoms with Gasteiger partial charge in [0.2, 0.25) is 0 Å². The summed E-state index contributed by atoms with van der Waals surface area (Å²) in [6.45, 7) is -2.90. The molecule has 0 saturated heterocycles. The zero-order valence-corrected chi connectivity index (χ0v) is 5.92. The van der Waals surface area contributed by atoms with Crippen LogP contribution in [0.25, 0.3) is 0 Å². The third kappa shape index (κ3) is 2.27. The number of alkyl halides is 2. The van der Waals surface area contributed by atoms with Gasteiger partial charge in [-0.15, -0.1) is 0 Å². The predicted octanol–water partition coefficient (Wildman–Crippen LogP) is 1.73. The fraction of sp³-hybridized carbons (Fsp3) is 0.200. The van der Waals surface area contributed by atoms with E-state index < -0.39 is 6.61 Å². The van der Waals surface area contributed by atoms with Gasteiger partial charge in [-0.25, -0.2) is 9.97 Å². The van der Waals surface area contributed by atoms with Crippen LogP contribution in [0, 0.1) is 0 Å². The third-order valence-electron chi connectivity index (χ3n) is 0.849. The Morgan fingerprint density at radius 3 is 2.82 bits per heavy atom. The Morgan fingerprint density at radius 1 is 1.55 bits per heavy atom. The highest BCUT2D eigenvalue weighted by molar-refractivity contribution is 6.30. The Balaban J connectivity index is 2.78. The molecule has 0 atom stereocenters. The zero-order chi connectivity index (χ0) is 8.27. The highest BCUT2D eigenvalue weighted by atomic mass is 35.5. The smallest absolute Gasteiger partial charge is 0.387 e. The minimum Gasteiger partial charge on any atom is -0.430 e. The molecule has 1 aromatic heterocycles. The summed E-state index contributed by atoms with van der Waals surface area (Å²) in [5, 5.41) is -0.125. The van der Waals surface area contributed by atoms with Crippen molar-refractivity contribution in [2.24, 2.45) is 0 Å².